The third-order valence-electron chi connectivity index (χ3n) is 0.344. The maximum absolute atomic E-state index is 2.44. The molecule has 0 aromatic heterocycles. The Morgan fingerprint density at radius 2 is 2.40 bits per heavy atom. The first-order valence-corrected chi connectivity index (χ1v) is 6.17. The van der Waals surface area contributed by atoms with Gasteiger partial charge in [-0.3, -0.25) is 0 Å². The first-order valence-electron chi connectivity index (χ1n) is 1.68. The van der Waals surface area contributed by atoms with Crippen LogP contribution in [0.25, 0.3) is 0 Å². The molecule has 0 saturated carbocycles. The van der Waals surface area contributed by atoms with Gasteiger partial charge in [0, 0.05) is 0 Å². The predicted octanol–water partition coefficient (Wildman–Crippen LogP) is 1.25. The van der Waals surface area contributed by atoms with Crippen LogP contribution in [0.3, 0.4) is 0 Å². The van der Waals surface area contributed by atoms with Gasteiger partial charge >= 0.3 is 53.7 Å². The van der Waals surface area contributed by atoms with Gasteiger partial charge in [-0.05, 0) is 0 Å². The second-order valence-electron chi connectivity index (χ2n) is 0.737. The van der Waals surface area contributed by atoms with E-state index in [1.165, 1.54) is 8.42 Å². The zero-order chi connectivity index (χ0) is 4.12. The van der Waals surface area contributed by atoms with Crippen LogP contribution in [0, 0.1) is 0 Å². The van der Waals surface area contributed by atoms with Crippen LogP contribution in [0.1, 0.15) is 6.92 Å². The topological polar surface area (TPSA) is 0 Å². The monoisotopic (exact) mass is 246 g/mol. The fraction of sp³-hybridized carbons (Fsp3) is 1.00. The Kier molecular flexibility index (Phi) is 6.65. The molecule has 0 aliphatic carbocycles. The molecule has 1 atom stereocenters. The van der Waals surface area contributed by atoms with E-state index in [0.717, 1.165) is 0 Å². The molecule has 0 heterocycles. The summed E-state index contributed by atoms with van der Waals surface area (Å²) >= 11 is 2.96. The van der Waals surface area contributed by atoms with Crippen molar-refractivity contribution in [3.05, 3.63) is 0 Å². The van der Waals surface area contributed by atoms with Gasteiger partial charge in [0.25, 0.3) is 0 Å². The van der Waals surface area contributed by atoms with Crippen LogP contribution in [-0.4, -0.2) is 19.0 Å². The van der Waals surface area contributed by atoms with E-state index in [0.29, 0.717) is 15.8 Å². The second kappa shape index (κ2) is 5.29. The van der Waals surface area contributed by atoms with Crippen LogP contribution >= 0.6 is 22.6 Å². The molecule has 0 aromatic rings. The summed E-state index contributed by atoms with van der Waals surface area (Å²) in [6.07, 6.45) is 0. The molecule has 0 aromatic carbocycles. The summed E-state index contributed by atoms with van der Waals surface area (Å²) in [7, 11) is 0. The van der Waals surface area contributed by atoms with Crippen molar-refractivity contribution in [1.82, 2.24) is 0 Å². The standard InChI is InChI=1S/C3H8AsI/c1-2-4-3-5/h4H,2-3H2,1H3. The molecule has 5 heavy (non-hydrogen) atoms. The zero-order valence-corrected chi connectivity index (χ0v) is 7.55. The average Bonchev–Trinajstić information content (AvgIpc) is 1.41. The summed E-state index contributed by atoms with van der Waals surface area (Å²) < 4.78 is 1.44. The molecule has 0 radical (unpaired) electrons. The van der Waals surface area contributed by atoms with Crippen LogP contribution < -0.4 is 0 Å². The van der Waals surface area contributed by atoms with Crippen molar-refractivity contribution in [3.8, 4) is 0 Å². The summed E-state index contributed by atoms with van der Waals surface area (Å²) in [5.74, 6) is 0. The molecule has 0 aliphatic heterocycles. The molecule has 1 unspecified atom stereocenters. The van der Waals surface area contributed by atoms with E-state index < -0.39 is 0 Å². The fourth-order valence-corrected chi connectivity index (χ4v) is 3.29. The molecule has 2 heteroatoms. The zero-order valence-electron chi connectivity index (χ0n) is 3.29. The van der Waals surface area contributed by atoms with Gasteiger partial charge < -0.3 is 0 Å². The van der Waals surface area contributed by atoms with Crippen molar-refractivity contribution in [3.63, 3.8) is 0 Å². The van der Waals surface area contributed by atoms with Crippen molar-refractivity contribution in [2.24, 2.45) is 0 Å². The first-order chi connectivity index (χ1) is 2.41. The molecule has 0 amide bonds. The third kappa shape index (κ3) is 5.29. The molecular weight excluding hydrogens is 238 g/mol. The normalized spacial score (nSPS) is 10.8. The van der Waals surface area contributed by atoms with Gasteiger partial charge in [0.05, 0.1) is 0 Å². The summed E-state index contributed by atoms with van der Waals surface area (Å²) in [5, 5.41) is 1.46. The molecule has 0 N–H and O–H groups in total. The van der Waals surface area contributed by atoms with Crippen LogP contribution in [0.15, 0.2) is 0 Å². The Balaban J connectivity index is 2.19. The third-order valence-corrected chi connectivity index (χ3v) is 4.59. The summed E-state index contributed by atoms with van der Waals surface area (Å²) in [4.78, 5) is 0. The number of hydrogen-bond acceptors (Lipinski definition) is 0. The van der Waals surface area contributed by atoms with Crippen molar-refractivity contribution >= 4 is 38.3 Å². The maximum atomic E-state index is 2.44. The van der Waals surface area contributed by atoms with Gasteiger partial charge in [-0.15, -0.1) is 0 Å². The Bertz CT molecular complexity index is 14.4. The van der Waals surface area contributed by atoms with E-state index in [-0.39, 0.29) is 0 Å². The van der Waals surface area contributed by atoms with Crippen LogP contribution in [0.2, 0.25) is 5.21 Å². The van der Waals surface area contributed by atoms with Crippen LogP contribution in [0.5, 0.6) is 0 Å². The van der Waals surface area contributed by atoms with Crippen molar-refractivity contribution < 1.29 is 0 Å². The van der Waals surface area contributed by atoms with E-state index in [1.54, 1.807) is 0 Å². The Hall–Kier alpha value is 1.29. The Labute approximate surface area is 53.5 Å². The van der Waals surface area contributed by atoms with Crippen molar-refractivity contribution in [2.45, 2.75) is 12.1 Å². The van der Waals surface area contributed by atoms with Gasteiger partial charge in [0.15, 0.2) is 0 Å². The van der Waals surface area contributed by atoms with Crippen molar-refractivity contribution in [1.29, 1.82) is 0 Å². The van der Waals surface area contributed by atoms with E-state index in [2.05, 4.69) is 29.5 Å². The van der Waals surface area contributed by atoms with Crippen LogP contribution in [-0.2, 0) is 0 Å². The molecule has 0 fully saturated rings. The van der Waals surface area contributed by atoms with E-state index in [9.17, 15) is 0 Å². The molecule has 0 nitrogen and oxygen atoms in total. The summed E-state index contributed by atoms with van der Waals surface area (Å²) in [6, 6.07) is 0. The van der Waals surface area contributed by atoms with Gasteiger partial charge in [-0.1, -0.05) is 0 Å². The molecule has 0 bridgehead atoms. The molecule has 0 rings (SSSR count). The molecule has 0 spiro atoms. The molecular formula is C3H8AsI. The fourth-order valence-electron chi connectivity index (χ4n) is 0.0945. The Morgan fingerprint density at radius 1 is 1.80 bits per heavy atom. The first kappa shape index (κ1) is 6.29. The van der Waals surface area contributed by atoms with Gasteiger partial charge in [0.2, 0.25) is 0 Å². The molecule has 0 saturated heterocycles. The van der Waals surface area contributed by atoms with Gasteiger partial charge in [-0.2, -0.15) is 0 Å². The number of hydrogen-bond donors (Lipinski definition) is 0. The SMILES string of the molecule is CC[AsH]CI. The van der Waals surface area contributed by atoms with Gasteiger partial charge in [0.1, 0.15) is 0 Å². The second-order valence-corrected chi connectivity index (χ2v) is 7.79. The minimum absolute atomic E-state index is 0.514. The molecule has 32 valence electrons. The van der Waals surface area contributed by atoms with E-state index in [1.807, 2.05) is 0 Å². The van der Waals surface area contributed by atoms with Crippen LogP contribution in [0.4, 0.5) is 0 Å². The predicted molar refractivity (Wildman–Crippen MR) is 36.5 cm³/mol. The quantitative estimate of drug-likeness (QED) is 0.391. The van der Waals surface area contributed by atoms with E-state index >= 15 is 0 Å². The number of alkyl halides is 1. The summed E-state index contributed by atoms with van der Waals surface area (Å²) in [6.45, 7) is 2.26. The van der Waals surface area contributed by atoms with Gasteiger partial charge in [-0.25, -0.2) is 0 Å². The van der Waals surface area contributed by atoms with E-state index in [4.69, 9.17) is 0 Å². The van der Waals surface area contributed by atoms with Crippen molar-refractivity contribution in [2.75, 3.05) is 3.22 Å². The summed E-state index contributed by atoms with van der Waals surface area (Å²) in [5.41, 5.74) is 0. The Morgan fingerprint density at radius 3 is 2.40 bits per heavy atom. The molecule has 0 aliphatic rings. The minimum atomic E-state index is 0.514. The number of rotatable bonds is 2. The number of halogens is 1. The average molecular weight is 246 g/mol.